The molecule has 31 heavy (non-hydrogen) atoms. The summed E-state index contributed by atoms with van der Waals surface area (Å²) in [6.45, 7) is 4.66. The Balaban J connectivity index is 1.76. The summed E-state index contributed by atoms with van der Waals surface area (Å²) in [6, 6.07) is 7.42. The Morgan fingerprint density at radius 1 is 1.19 bits per heavy atom. The van der Waals surface area contributed by atoms with Crippen LogP contribution in [-0.4, -0.2) is 45.3 Å². The first-order chi connectivity index (χ1) is 14.9. The number of ketones is 1. The molecule has 4 rings (SSSR count). The number of hydrogen-bond donors (Lipinski definition) is 0. The van der Waals surface area contributed by atoms with Gasteiger partial charge in [0, 0.05) is 37.2 Å². The van der Waals surface area contributed by atoms with E-state index in [1.165, 1.54) is 11.3 Å². The van der Waals surface area contributed by atoms with Gasteiger partial charge in [0.05, 0.1) is 11.0 Å². The summed E-state index contributed by atoms with van der Waals surface area (Å²) >= 11 is 1.43. The van der Waals surface area contributed by atoms with Gasteiger partial charge in [0.2, 0.25) is 5.78 Å². The first kappa shape index (κ1) is 22.3. The number of ether oxygens (including phenoxy) is 5. The molecule has 2 heterocycles. The summed E-state index contributed by atoms with van der Waals surface area (Å²) in [6.07, 6.45) is 2.93. The van der Waals surface area contributed by atoms with E-state index in [1.807, 2.05) is 29.6 Å². The van der Waals surface area contributed by atoms with E-state index in [9.17, 15) is 4.79 Å². The van der Waals surface area contributed by atoms with Gasteiger partial charge in [-0.2, -0.15) is 0 Å². The highest BCUT2D eigenvalue weighted by Crippen LogP contribution is 2.55. The maximum absolute atomic E-state index is 13.1. The highest BCUT2D eigenvalue weighted by atomic mass is 32.1. The van der Waals surface area contributed by atoms with Crippen LogP contribution in [0, 0.1) is 5.92 Å². The number of carbonyl (C=O) groups is 1. The number of methoxy groups -OCH3 is 2. The SMILES string of the molecule is COCOc1cc(C(=O)c2cccs2)cc2c1[C@@H]1C[C@H](OCOC)CC[C@H]1C(C)(C)O2. The maximum atomic E-state index is 13.1. The van der Waals surface area contributed by atoms with Crippen LogP contribution in [-0.2, 0) is 14.2 Å². The molecule has 1 fully saturated rings. The van der Waals surface area contributed by atoms with Crippen LogP contribution in [0.25, 0.3) is 0 Å². The van der Waals surface area contributed by atoms with Crippen LogP contribution in [0.3, 0.4) is 0 Å². The second kappa shape index (κ2) is 9.28. The van der Waals surface area contributed by atoms with Crippen LogP contribution in [0.5, 0.6) is 11.5 Å². The van der Waals surface area contributed by atoms with Crippen molar-refractivity contribution >= 4 is 17.1 Å². The molecule has 168 valence electrons. The molecule has 1 aromatic carbocycles. The van der Waals surface area contributed by atoms with E-state index in [-0.39, 0.29) is 37.0 Å². The lowest BCUT2D eigenvalue weighted by Gasteiger charge is -2.49. The van der Waals surface area contributed by atoms with E-state index < -0.39 is 0 Å². The quantitative estimate of drug-likeness (QED) is 0.420. The summed E-state index contributed by atoms with van der Waals surface area (Å²) in [4.78, 5) is 13.8. The van der Waals surface area contributed by atoms with E-state index in [2.05, 4.69) is 13.8 Å². The number of rotatable bonds is 8. The molecule has 0 radical (unpaired) electrons. The van der Waals surface area contributed by atoms with Crippen molar-refractivity contribution in [3.8, 4) is 11.5 Å². The molecule has 0 unspecified atom stereocenters. The highest BCUT2D eigenvalue weighted by Gasteiger charge is 2.48. The van der Waals surface area contributed by atoms with Crippen molar-refractivity contribution in [2.45, 2.75) is 50.7 Å². The second-order valence-electron chi connectivity index (χ2n) is 8.67. The van der Waals surface area contributed by atoms with E-state index >= 15 is 0 Å². The Kier molecular flexibility index (Phi) is 6.67. The van der Waals surface area contributed by atoms with Crippen LogP contribution in [0.1, 0.15) is 59.8 Å². The van der Waals surface area contributed by atoms with Gasteiger partial charge in [0.1, 0.15) is 23.9 Å². The van der Waals surface area contributed by atoms with Gasteiger partial charge in [-0.25, -0.2) is 0 Å². The van der Waals surface area contributed by atoms with Crippen LogP contribution in [0.2, 0.25) is 0 Å². The molecule has 1 saturated carbocycles. The lowest BCUT2D eigenvalue weighted by atomic mass is 9.65. The zero-order valence-electron chi connectivity index (χ0n) is 18.5. The minimum Gasteiger partial charge on any atom is -0.487 e. The van der Waals surface area contributed by atoms with Gasteiger partial charge >= 0.3 is 0 Å². The average Bonchev–Trinajstić information content (AvgIpc) is 3.29. The van der Waals surface area contributed by atoms with Crippen molar-refractivity contribution in [2.24, 2.45) is 5.92 Å². The smallest absolute Gasteiger partial charge is 0.203 e. The molecule has 0 amide bonds. The van der Waals surface area contributed by atoms with Gasteiger partial charge in [0.25, 0.3) is 0 Å². The van der Waals surface area contributed by atoms with Crippen LogP contribution >= 0.6 is 11.3 Å². The normalized spacial score (nSPS) is 24.1. The molecule has 0 saturated heterocycles. The van der Waals surface area contributed by atoms with Crippen molar-refractivity contribution in [3.05, 3.63) is 45.6 Å². The van der Waals surface area contributed by atoms with Crippen molar-refractivity contribution in [3.63, 3.8) is 0 Å². The average molecular weight is 447 g/mol. The van der Waals surface area contributed by atoms with Crippen LogP contribution in [0.15, 0.2) is 29.6 Å². The fourth-order valence-corrected chi connectivity index (χ4v) is 5.62. The largest absolute Gasteiger partial charge is 0.487 e. The third-order valence-corrected chi connectivity index (χ3v) is 7.17. The Labute approximate surface area is 187 Å². The second-order valence-corrected chi connectivity index (χ2v) is 9.62. The van der Waals surface area contributed by atoms with Crippen molar-refractivity contribution in [1.82, 2.24) is 0 Å². The molecule has 0 bridgehead atoms. The predicted octanol–water partition coefficient (Wildman–Crippen LogP) is 5.01. The summed E-state index contributed by atoms with van der Waals surface area (Å²) in [7, 11) is 3.23. The van der Waals surface area contributed by atoms with Crippen LogP contribution < -0.4 is 9.47 Å². The topological polar surface area (TPSA) is 63.2 Å². The minimum absolute atomic E-state index is 0.0338. The lowest BCUT2D eigenvalue weighted by molar-refractivity contribution is -0.105. The lowest BCUT2D eigenvalue weighted by Crippen LogP contribution is -2.48. The summed E-state index contributed by atoms with van der Waals surface area (Å²) in [5.74, 6) is 1.86. The molecule has 7 heteroatoms. The third kappa shape index (κ3) is 4.51. The van der Waals surface area contributed by atoms with Gasteiger partial charge < -0.3 is 23.7 Å². The predicted molar refractivity (Wildman–Crippen MR) is 118 cm³/mol. The number of fused-ring (bicyclic) bond motifs is 3. The zero-order valence-corrected chi connectivity index (χ0v) is 19.3. The summed E-state index contributed by atoms with van der Waals surface area (Å²) in [5, 5.41) is 1.90. The van der Waals surface area contributed by atoms with Crippen molar-refractivity contribution in [1.29, 1.82) is 0 Å². The van der Waals surface area contributed by atoms with Crippen LogP contribution in [0.4, 0.5) is 0 Å². The van der Waals surface area contributed by atoms with Gasteiger partial charge in [-0.1, -0.05) is 6.07 Å². The Morgan fingerprint density at radius 3 is 2.71 bits per heavy atom. The maximum Gasteiger partial charge on any atom is 0.203 e. The molecule has 1 aliphatic heterocycles. The van der Waals surface area contributed by atoms with E-state index in [4.69, 9.17) is 23.7 Å². The van der Waals surface area contributed by atoms with Gasteiger partial charge in [-0.3, -0.25) is 4.79 Å². The molecule has 3 atom stereocenters. The van der Waals surface area contributed by atoms with Crippen molar-refractivity contribution in [2.75, 3.05) is 27.8 Å². The molecule has 0 spiro atoms. The first-order valence-corrected chi connectivity index (χ1v) is 11.5. The highest BCUT2D eigenvalue weighted by molar-refractivity contribution is 7.12. The van der Waals surface area contributed by atoms with E-state index in [0.29, 0.717) is 27.9 Å². The van der Waals surface area contributed by atoms with E-state index in [0.717, 1.165) is 24.8 Å². The number of hydrogen-bond acceptors (Lipinski definition) is 7. The zero-order chi connectivity index (χ0) is 22.0. The monoisotopic (exact) mass is 446 g/mol. The molecule has 1 aromatic heterocycles. The Hall–Kier alpha value is -1.93. The molecule has 6 nitrogen and oxygen atoms in total. The van der Waals surface area contributed by atoms with Gasteiger partial charge in [-0.05, 0) is 56.7 Å². The number of benzene rings is 1. The van der Waals surface area contributed by atoms with Crippen molar-refractivity contribution < 1.29 is 28.5 Å². The molecule has 2 aliphatic rings. The Bertz CT molecular complexity index is 907. The first-order valence-electron chi connectivity index (χ1n) is 10.6. The molecule has 0 N–H and O–H groups in total. The van der Waals surface area contributed by atoms with Gasteiger partial charge in [0.15, 0.2) is 6.79 Å². The van der Waals surface area contributed by atoms with E-state index in [1.54, 1.807) is 14.2 Å². The molecule has 1 aliphatic carbocycles. The minimum atomic E-state index is -0.354. The summed E-state index contributed by atoms with van der Waals surface area (Å²) in [5.41, 5.74) is 1.21. The summed E-state index contributed by atoms with van der Waals surface area (Å²) < 4.78 is 28.7. The Morgan fingerprint density at radius 2 is 2.00 bits per heavy atom. The molecular weight excluding hydrogens is 416 g/mol. The molecule has 2 aromatic rings. The third-order valence-electron chi connectivity index (χ3n) is 6.30. The molecular formula is C24H30O6S. The standard InChI is InChI=1S/C24H30O6S/c1-24(2)18-8-7-16(28-13-26-3)12-17(18)22-19(29-14-27-4)10-15(11-20(22)30-24)23(25)21-6-5-9-31-21/h5-6,9-11,16-18H,7-8,12-14H2,1-4H3/t16-,17-,18-/m1/s1. The number of carbonyl (C=O) groups excluding carboxylic acids is 1. The number of thiophene rings is 1. The van der Waals surface area contributed by atoms with Gasteiger partial charge in [-0.15, -0.1) is 11.3 Å². The fraction of sp³-hybridized carbons (Fsp3) is 0.542. The fourth-order valence-electron chi connectivity index (χ4n) is 4.93.